The highest BCUT2D eigenvalue weighted by atomic mass is 32.2. The minimum Gasteiger partial charge on any atom is -0.463 e. The molecule has 1 fully saturated rings. The molecule has 1 atom stereocenters. The van der Waals surface area contributed by atoms with Crippen molar-refractivity contribution < 1.29 is 22.7 Å². The second-order valence-electron chi connectivity index (χ2n) is 6.16. The van der Waals surface area contributed by atoms with Crippen LogP contribution in [-0.4, -0.2) is 50.6 Å². The Morgan fingerprint density at radius 2 is 2.00 bits per heavy atom. The molecule has 1 aromatic carbocycles. The van der Waals surface area contributed by atoms with Gasteiger partial charge in [0, 0.05) is 24.9 Å². The standard InChI is InChI=1S/C18H24N2O5S/c1-3-25-17(21)11-8-14-6-9-16(10-7-14)19-18(22)15-5-4-12-20(13-15)26(2,23)24/h6-11,15H,3-5,12-13H2,1-2H3,(H,19,22). The van der Waals surface area contributed by atoms with Gasteiger partial charge in [0.2, 0.25) is 15.9 Å². The molecule has 1 aromatic rings. The molecule has 1 heterocycles. The second-order valence-corrected chi connectivity index (χ2v) is 8.14. The Kier molecular flexibility index (Phi) is 6.93. The smallest absolute Gasteiger partial charge is 0.330 e. The van der Waals surface area contributed by atoms with Crippen LogP contribution in [0.5, 0.6) is 0 Å². The van der Waals surface area contributed by atoms with Gasteiger partial charge in [-0.05, 0) is 43.5 Å². The van der Waals surface area contributed by atoms with Crippen molar-refractivity contribution in [2.45, 2.75) is 19.8 Å². The SMILES string of the molecule is CCOC(=O)C=Cc1ccc(NC(=O)C2CCCN(S(C)(=O)=O)C2)cc1. The average molecular weight is 380 g/mol. The van der Waals surface area contributed by atoms with Crippen LogP contribution in [0.4, 0.5) is 5.69 Å². The first-order valence-electron chi connectivity index (χ1n) is 8.50. The van der Waals surface area contributed by atoms with Crippen molar-refractivity contribution in [2.24, 2.45) is 5.92 Å². The monoisotopic (exact) mass is 380 g/mol. The summed E-state index contributed by atoms with van der Waals surface area (Å²) in [7, 11) is -3.28. The van der Waals surface area contributed by atoms with Crippen LogP contribution in [0.2, 0.25) is 0 Å². The third kappa shape index (κ3) is 5.96. The third-order valence-corrected chi connectivity index (χ3v) is 5.37. The van der Waals surface area contributed by atoms with Crippen LogP contribution >= 0.6 is 0 Å². The summed E-state index contributed by atoms with van der Waals surface area (Å²) in [6, 6.07) is 7.02. The third-order valence-electron chi connectivity index (χ3n) is 4.10. The van der Waals surface area contributed by atoms with Crippen LogP contribution in [0, 0.1) is 5.92 Å². The quantitative estimate of drug-likeness (QED) is 0.601. The van der Waals surface area contributed by atoms with Crippen LogP contribution in [0.1, 0.15) is 25.3 Å². The number of nitrogens with zero attached hydrogens (tertiary/aromatic N) is 1. The zero-order chi connectivity index (χ0) is 19.2. The second kappa shape index (κ2) is 8.95. The van der Waals surface area contributed by atoms with Crippen molar-refractivity contribution in [1.82, 2.24) is 4.31 Å². The Labute approximate surface area is 154 Å². The van der Waals surface area contributed by atoms with Crippen LogP contribution in [-0.2, 0) is 24.3 Å². The van der Waals surface area contributed by atoms with E-state index in [9.17, 15) is 18.0 Å². The summed E-state index contributed by atoms with van der Waals surface area (Å²) in [5, 5.41) is 2.82. The van der Waals surface area contributed by atoms with E-state index in [4.69, 9.17) is 4.74 Å². The molecule has 1 unspecified atom stereocenters. The fourth-order valence-corrected chi connectivity index (χ4v) is 3.65. The summed E-state index contributed by atoms with van der Waals surface area (Å²) in [6.07, 6.45) is 5.48. The molecule has 142 valence electrons. The highest BCUT2D eigenvalue weighted by Crippen LogP contribution is 2.21. The summed E-state index contributed by atoms with van der Waals surface area (Å²) in [6.45, 7) is 2.74. The Balaban J connectivity index is 1.94. The van der Waals surface area contributed by atoms with Crippen molar-refractivity contribution in [2.75, 3.05) is 31.3 Å². The normalized spacial score (nSPS) is 18.6. The number of hydrogen-bond donors (Lipinski definition) is 1. The Morgan fingerprint density at radius 1 is 1.31 bits per heavy atom. The number of esters is 1. The predicted octanol–water partition coefficient (Wildman–Crippen LogP) is 1.87. The summed E-state index contributed by atoms with van der Waals surface area (Å²) >= 11 is 0. The number of anilines is 1. The summed E-state index contributed by atoms with van der Waals surface area (Å²) < 4.78 is 29.5. The van der Waals surface area contributed by atoms with Gasteiger partial charge in [0.15, 0.2) is 0 Å². The first-order valence-corrected chi connectivity index (χ1v) is 10.4. The van der Waals surface area contributed by atoms with Gasteiger partial charge < -0.3 is 10.1 Å². The Hall–Kier alpha value is -2.19. The van der Waals surface area contributed by atoms with E-state index >= 15 is 0 Å². The van der Waals surface area contributed by atoms with Crippen molar-refractivity contribution in [3.8, 4) is 0 Å². The number of sulfonamides is 1. The van der Waals surface area contributed by atoms with Gasteiger partial charge in [-0.3, -0.25) is 4.79 Å². The molecule has 0 radical (unpaired) electrons. The number of carbonyl (C=O) groups is 2. The van der Waals surface area contributed by atoms with Crippen LogP contribution in [0.25, 0.3) is 6.08 Å². The van der Waals surface area contributed by atoms with Crippen molar-refractivity contribution in [3.63, 3.8) is 0 Å². The number of benzene rings is 1. The predicted molar refractivity (Wildman–Crippen MR) is 99.9 cm³/mol. The largest absolute Gasteiger partial charge is 0.463 e. The molecule has 0 saturated carbocycles. The van der Waals surface area contributed by atoms with Gasteiger partial charge in [0.25, 0.3) is 0 Å². The first kappa shape index (κ1) is 20.1. The molecule has 0 aromatic heterocycles. The number of piperidine rings is 1. The fourth-order valence-electron chi connectivity index (χ4n) is 2.73. The lowest BCUT2D eigenvalue weighted by Crippen LogP contribution is -2.43. The summed E-state index contributed by atoms with van der Waals surface area (Å²) in [5.74, 6) is -0.951. The molecule has 26 heavy (non-hydrogen) atoms. The van der Waals surface area contributed by atoms with E-state index in [0.717, 1.165) is 11.8 Å². The lowest BCUT2D eigenvalue weighted by molar-refractivity contribution is -0.137. The molecule has 2 rings (SSSR count). The van der Waals surface area contributed by atoms with E-state index < -0.39 is 16.0 Å². The van der Waals surface area contributed by atoms with Crippen molar-refractivity contribution >= 4 is 33.7 Å². The van der Waals surface area contributed by atoms with Gasteiger partial charge in [0.1, 0.15) is 0 Å². The van der Waals surface area contributed by atoms with Crippen LogP contribution < -0.4 is 5.32 Å². The van der Waals surface area contributed by atoms with Crippen molar-refractivity contribution in [1.29, 1.82) is 0 Å². The van der Waals surface area contributed by atoms with E-state index in [1.807, 2.05) is 0 Å². The molecule has 0 bridgehead atoms. The molecule has 1 aliphatic heterocycles. The molecule has 0 aliphatic carbocycles. The maximum absolute atomic E-state index is 12.4. The van der Waals surface area contributed by atoms with Crippen molar-refractivity contribution in [3.05, 3.63) is 35.9 Å². The molecular weight excluding hydrogens is 356 g/mol. The topological polar surface area (TPSA) is 92.8 Å². The summed E-state index contributed by atoms with van der Waals surface area (Å²) in [5.41, 5.74) is 1.43. The van der Waals surface area contributed by atoms with Gasteiger partial charge in [-0.15, -0.1) is 0 Å². The summed E-state index contributed by atoms with van der Waals surface area (Å²) in [4.78, 5) is 23.7. The molecule has 1 N–H and O–H groups in total. The maximum atomic E-state index is 12.4. The number of amides is 1. The fraction of sp³-hybridized carbons (Fsp3) is 0.444. The number of ether oxygens (including phenoxy) is 1. The average Bonchev–Trinajstić information content (AvgIpc) is 2.61. The highest BCUT2D eigenvalue weighted by molar-refractivity contribution is 7.88. The Morgan fingerprint density at radius 3 is 2.62 bits per heavy atom. The number of rotatable bonds is 6. The molecule has 8 heteroatoms. The molecular formula is C18H24N2O5S. The van der Waals surface area contributed by atoms with Crippen LogP contribution in [0.3, 0.4) is 0 Å². The van der Waals surface area contributed by atoms with Gasteiger partial charge in [0.05, 0.1) is 18.8 Å². The van der Waals surface area contributed by atoms with Gasteiger partial charge in [-0.2, -0.15) is 0 Å². The molecule has 1 amide bonds. The Bertz CT molecular complexity index is 771. The molecule has 0 spiro atoms. The zero-order valence-electron chi connectivity index (χ0n) is 15.0. The molecule has 7 nitrogen and oxygen atoms in total. The van der Waals surface area contributed by atoms with E-state index in [1.165, 1.54) is 10.4 Å². The first-order chi connectivity index (χ1) is 12.3. The van der Waals surface area contributed by atoms with Gasteiger partial charge in [-0.25, -0.2) is 17.5 Å². The highest BCUT2D eigenvalue weighted by Gasteiger charge is 2.30. The maximum Gasteiger partial charge on any atom is 0.330 e. The molecule has 1 saturated heterocycles. The van der Waals surface area contributed by atoms with E-state index in [1.54, 1.807) is 37.3 Å². The number of nitrogens with one attached hydrogen (secondary N) is 1. The zero-order valence-corrected chi connectivity index (χ0v) is 15.8. The lowest BCUT2D eigenvalue weighted by atomic mass is 9.98. The van der Waals surface area contributed by atoms with Crippen LogP contribution in [0.15, 0.2) is 30.3 Å². The lowest BCUT2D eigenvalue weighted by Gasteiger charge is -2.30. The van der Waals surface area contributed by atoms with E-state index in [-0.39, 0.29) is 18.4 Å². The number of carbonyl (C=O) groups excluding carboxylic acids is 2. The minimum atomic E-state index is -3.28. The van der Waals surface area contributed by atoms with Gasteiger partial charge >= 0.3 is 5.97 Å². The number of hydrogen-bond acceptors (Lipinski definition) is 5. The van der Waals surface area contributed by atoms with E-state index in [0.29, 0.717) is 31.7 Å². The minimum absolute atomic E-state index is 0.187. The molecule has 1 aliphatic rings. The van der Waals surface area contributed by atoms with Gasteiger partial charge in [-0.1, -0.05) is 12.1 Å². The van der Waals surface area contributed by atoms with E-state index in [2.05, 4.69) is 5.32 Å².